The number of nitrogens with one attached hydrogen (secondary N) is 3. The number of benzene rings is 1. The SMILES string of the molecule is COCC(=O)Nc1cc(NC(=O)NCCc2cccc(C)n2)ccc1OC. The highest BCUT2D eigenvalue weighted by Crippen LogP contribution is 2.27. The van der Waals surface area contributed by atoms with Crippen LogP contribution in [0.15, 0.2) is 36.4 Å². The largest absolute Gasteiger partial charge is 0.495 e. The molecular formula is C19H24N4O4. The van der Waals surface area contributed by atoms with Crippen LogP contribution >= 0.6 is 0 Å². The van der Waals surface area contributed by atoms with Gasteiger partial charge in [0.15, 0.2) is 0 Å². The number of ether oxygens (including phenoxy) is 2. The number of rotatable bonds is 8. The Bertz CT molecular complexity index is 795. The molecule has 0 aliphatic rings. The molecule has 144 valence electrons. The molecule has 0 atom stereocenters. The number of carbonyl (C=O) groups is 2. The summed E-state index contributed by atoms with van der Waals surface area (Å²) in [5, 5.41) is 8.18. The summed E-state index contributed by atoms with van der Waals surface area (Å²) in [6.45, 7) is 2.31. The summed E-state index contributed by atoms with van der Waals surface area (Å²) in [5.74, 6) is 0.166. The van der Waals surface area contributed by atoms with Gasteiger partial charge in [-0.15, -0.1) is 0 Å². The molecule has 0 saturated heterocycles. The lowest BCUT2D eigenvalue weighted by Gasteiger charge is -2.13. The molecule has 3 amide bonds. The fourth-order valence-electron chi connectivity index (χ4n) is 2.42. The number of hydrogen-bond acceptors (Lipinski definition) is 5. The molecule has 0 aliphatic carbocycles. The first kappa shape index (κ1) is 20.2. The highest BCUT2D eigenvalue weighted by Gasteiger charge is 2.10. The molecule has 2 aromatic rings. The maximum absolute atomic E-state index is 12.1. The molecular weight excluding hydrogens is 348 g/mol. The van der Waals surface area contributed by atoms with Gasteiger partial charge in [0, 0.05) is 37.2 Å². The van der Waals surface area contributed by atoms with Crippen molar-refractivity contribution in [3.05, 3.63) is 47.8 Å². The first-order chi connectivity index (χ1) is 13.0. The van der Waals surface area contributed by atoms with Gasteiger partial charge in [-0.25, -0.2) is 4.79 Å². The van der Waals surface area contributed by atoms with Gasteiger partial charge in [-0.1, -0.05) is 6.07 Å². The van der Waals surface area contributed by atoms with Gasteiger partial charge in [-0.05, 0) is 37.3 Å². The quantitative estimate of drug-likeness (QED) is 0.660. The zero-order valence-electron chi connectivity index (χ0n) is 15.7. The number of pyridine rings is 1. The number of nitrogens with zero attached hydrogens (tertiary/aromatic N) is 1. The topological polar surface area (TPSA) is 102 Å². The summed E-state index contributed by atoms with van der Waals surface area (Å²) < 4.78 is 10.0. The Morgan fingerprint density at radius 2 is 1.93 bits per heavy atom. The standard InChI is InChI=1S/C19H24N4O4/c1-13-5-4-6-14(21-13)9-10-20-19(25)22-15-7-8-17(27-3)16(11-15)23-18(24)12-26-2/h4-8,11H,9-10,12H2,1-3H3,(H,23,24)(H2,20,22,25). The number of anilines is 2. The third-order valence-electron chi connectivity index (χ3n) is 3.62. The zero-order chi connectivity index (χ0) is 19.6. The van der Waals surface area contributed by atoms with Crippen LogP contribution in [0.1, 0.15) is 11.4 Å². The van der Waals surface area contributed by atoms with Crippen molar-refractivity contribution in [2.24, 2.45) is 0 Å². The lowest BCUT2D eigenvalue weighted by atomic mass is 10.2. The Kier molecular flexibility index (Phi) is 7.57. The van der Waals surface area contributed by atoms with Gasteiger partial charge in [0.1, 0.15) is 12.4 Å². The average Bonchev–Trinajstić information content (AvgIpc) is 2.62. The van der Waals surface area contributed by atoms with Crippen LogP contribution in [-0.4, -0.2) is 44.3 Å². The number of carbonyl (C=O) groups excluding carboxylic acids is 2. The van der Waals surface area contributed by atoms with E-state index in [0.717, 1.165) is 11.4 Å². The fraction of sp³-hybridized carbons (Fsp3) is 0.316. The monoisotopic (exact) mass is 372 g/mol. The van der Waals surface area contributed by atoms with E-state index in [9.17, 15) is 9.59 Å². The maximum atomic E-state index is 12.1. The summed E-state index contributed by atoms with van der Waals surface area (Å²) in [5.41, 5.74) is 2.83. The third-order valence-corrected chi connectivity index (χ3v) is 3.62. The molecule has 2 rings (SSSR count). The van der Waals surface area contributed by atoms with Crippen molar-refractivity contribution >= 4 is 23.3 Å². The van der Waals surface area contributed by atoms with Crippen LogP contribution in [0.25, 0.3) is 0 Å². The lowest BCUT2D eigenvalue weighted by Crippen LogP contribution is -2.30. The summed E-state index contributed by atoms with van der Waals surface area (Å²) in [7, 11) is 2.94. The van der Waals surface area contributed by atoms with Gasteiger partial charge in [0.05, 0.1) is 12.8 Å². The maximum Gasteiger partial charge on any atom is 0.319 e. The van der Waals surface area contributed by atoms with Crippen LogP contribution in [0, 0.1) is 6.92 Å². The Morgan fingerprint density at radius 1 is 1.11 bits per heavy atom. The number of amides is 3. The normalized spacial score (nSPS) is 10.2. The van der Waals surface area contributed by atoms with Crippen molar-refractivity contribution in [2.45, 2.75) is 13.3 Å². The Balaban J connectivity index is 1.91. The minimum Gasteiger partial charge on any atom is -0.495 e. The molecule has 1 aromatic heterocycles. The minimum atomic E-state index is -0.345. The Labute approximate surface area is 158 Å². The number of aryl methyl sites for hydroxylation is 1. The van der Waals surface area contributed by atoms with Gasteiger partial charge in [-0.3, -0.25) is 9.78 Å². The van der Waals surface area contributed by atoms with Crippen LogP contribution < -0.4 is 20.7 Å². The number of hydrogen-bond donors (Lipinski definition) is 3. The third kappa shape index (κ3) is 6.59. The van der Waals surface area contributed by atoms with Gasteiger partial charge < -0.3 is 25.4 Å². The molecule has 0 saturated carbocycles. The molecule has 0 fully saturated rings. The molecule has 0 spiro atoms. The van der Waals surface area contributed by atoms with Crippen molar-refractivity contribution in [1.82, 2.24) is 10.3 Å². The van der Waals surface area contributed by atoms with Crippen molar-refractivity contribution in [2.75, 3.05) is 38.0 Å². The average molecular weight is 372 g/mol. The second-order valence-electron chi connectivity index (χ2n) is 5.80. The van der Waals surface area contributed by atoms with Crippen molar-refractivity contribution in [1.29, 1.82) is 0 Å². The first-order valence-corrected chi connectivity index (χ1v) is 8.46. The molecule has 1 aromatic carbocycles. The van der Waals surface area contributed by atoms with Crippen LogP contribution in [0.2, 0.25) is 0 Å². The van der Waals surface area contributed by atoms with Crippen LogP contribution in [-0.2, 0) is 16.0 Å². The van der Waals surface area contributed by atoms with Crippen LogP contribution in [0.3, 0.4) is 0 Å². The van der Waals surface area contributed by atoms with Crippen LogP contribution in [0.5, 0.6) is 5.75 Å². The van der Waals surface area contributed by atoms with Gasteiger partial charge in [0.2, 0.25) is 5.91 Å². The number of methoxy groups -OCH3 is 2. The van der Waals surface area contributed by atoms with E-state index in [1.165, 1.54) is 14.2 Å². The molecule has 8 heteroatoms. The molecule has 0 aliphatic heterocycles. The van der Waals surface area contributed by atoms with Crippen LogP contribution in [0.4, 0.5) is 16.2 Å². The van der Waals surface area contributed by atoms with E-state index in [-0.39, 0.29) is 18.5 Å². The summed E-state index contributed by atoms with van der Waals surface area (Å²) >= 11 is 0. The lowest BCUT2D eigenvalue weighted by molar-refractivity contribution is -0.119. The van der Waals surface area contributed by atoms with Gasteiger partial charge in [-0.2, -0.15) is 0 Å². The van der Waals surface area contributed by atoms with Crippen molar-refractivity contribution in [3.8, 4) is 5.75 Å². The summed E-state index contributed by atoms with van der Waals surface area (Å²) in [4.78, 5) is 28.2. The molecule has 8 nitrogen and oxygen atoms in total. The molecule has 3 N–H and O–H groups in total. The molecule has 0 radical (unpaired) electrons. The zero-order valence-corrected chi connectivity index (χ0v) is 15.7. The molecule has 27 heavy (non-hydrogen) atoms. The number of urea groups is 1. The van der Waals surface area contributed by atoms with Crippen molar-refractivity contribution in [3.63, 3.8) is 0 Å². The smallest absolute Gasteiger partial charge is 0.319 e. The first-order valence-electron chi connectivity index (χ1n) is 8.46. The highest BCUT2D eigenvalue weighted by atomic mass is 16.5. The predicted octanol–water partition coefficient (Wildman–Crippen LogP) is 2.35. The predicted molar refractivity (Wildman–Crippen MR) is 103 cm³/mol. The second kappa shape index (κ2) is 10.1. The van der Waals surface area contributed by atoms with E-state index in [4.69, 9.17) is 9.47 Å². The van der Waals surface area contributed by atoms with Gasteiger partial charge >= 0.3 is 6.03 Å². The van der Waals surface area contributed by atoms with E-state index < -0.39 is 0 Å². The Hall–Kier alpha value is -3.13. The summed E-state index contributed by atoms with van der Waals surface area (Å²) in [6, 6.07) is 10.4. The van der Waals surface area contributed by atoms with E-state index in [1.54, 1.807) is 18.2 Å². The summed E-state index contributed by atoms with van der Waals surface area (Å²) in [6.07, 6.45) is 0.635. The minimum absolute atomic E-state index is 0.0751. The highest BCUT2D eigenvalue weighted by molar-refractivity contribution is 5.95. The fourth-order valence-corrected chi connectivity index (χ4v) is 2.42. The van der Waals surface area contributed by atoms with E-state index >= 15 is 0 Å². The van der Waals surface area contributed by atoms with E-state index in [2.05, 4.69) is 20.9 Å². The number of aromatic nitrogens is 1. The second-order valence-corrected chi connectivity index (χ2v) is 5.80. The molecule has 1 heterocycles. The Morgan fingerprint density at radius 3 is 2.63 bits per heavy atom. The van der Waals surface area contributed by atoms with Crippen molar-refractivity contribution < 1.29 is 19.1 Å². The molecule has 0 bridgehead atoms. The van der Waals surface area contributed by atoms with E-state index in [1.807, 2.05) is 25.1 Å². The van der Waals surface area contributed by atoms with E-state index in [0.29, 0.717) is 30.1 Å². The molecule has 0 unspecified atom stereocenters. The van der Waals surface area contributed by atoms with Gasteiger partial charge in [0.25, 0.3) is 0 Å².